The lowest BCUT2D eigenvalue weighted by Gasteiger charge is -2.12. The quantitative estimate of drug-likeness (QED) is 0.635. The van der Waals surface area contributed by atoms with Crippen molar-refractivity contribution in [3.63, 3.8) is 0 Å². The standard InChI is InChI=1S/C12H14BrNO2/c1-12(2)6-3-4-8(5-7-12)10(15)9(13)11(14)16/h3-7,9H,1-2H3,(H2,14,16). The molecule has 0 fully saturated rings. The SMILES string of the molecule is CC1(C)C=CC=C(C(=O)C(Br)C(N)=O)C=C1. The zero-order valence-corrected chi connectivity index (χ0v) is 10.8. The molecule has 0 saturated carbocycles. The van der Waals surface area contributed by atoms with Crippen LogP contribution in [0.1, 0.15) is 13.8 Å². The molecule has 4 heteroatoms. The van der Waals surface area contributed by atoms with E-state index in [-0.39, 0.29) is 11.2 Å². The maximum Gasteiger partial charge on any atom is 0.239 e. The van der Waals surface area contributed by atoms with Crippen LogP contribution >= 0.6 is 15.9 Å². The van der Waals surface area contributed by atoms with Crippen molar-refractivity contribution in [2.75, 3.05) is 0 Å². The number of amides is 1. The van der Waals surface area contributed by atoms with Gasteiger partial charge in [0.15, 0.2) is 10.6 Å². The Morgan fingerprint density at radius 1 is 1.38 bits per heavy atom. The largest absolute Gasteiger partial charge is 0.368 e. The average molecular weight is 284 g/mol. The number of carbonyl (C=O) groups is 2. The minimum absolute atomic E-state index is 0.0902. The summed E-state index contributed by atoms with van der Waals surface area (Å²) in [4.78, 5) is 21.7. The van der Waals surface area contributed by atoms with Crippen molar-refractivity contribution in [3.8, 4) is 0 Å². The number of allylic oxidation sites excluding steroid dienone is 6. The molecule has 0 radical (unpaired) electrons. The van der Waals surface area contributed by atoms with E-state index < -0.39 is 10.7 Å². The second kappa shape index (κ2) is 4.78. The lowest BCUT2D eigenvalue weighted by atomic mass is 9.93. The molecule has 86 valence electrons. The molecule has 1 atom stereocenters. The van der Waals surface area contributed by atoms with Crippen LogP contribution in [0.25, 0.3) is 0 Å². The van der Waals surface area contributed by atoms with Crippen LogP contribution in [0.3, 0.4) is 0 Å². The van der Waals surface area contributed by atoms with Gasteiger partial charge in [0.1, 0.15) is 0 Å². The number of hydrogen-bond donors (Lipinski definition) is 1. The van der Waals surface area contributed by atoms with Crippen molar-refractivity contribution in [1.82, 2.24) is 0 Å². The number of primary amides is 1. The van der Waals surface area contributed by atoms with E-state index in [0.717, 1.165) is 0 Å². The molecule has 0 heterocycles. The van der Waals surface area contributed by atoms with Gasteiger partial charge in [-0.05, 0) is 0 Å². The van der Waals surface area contributed by atoms with E-state index in [0.29, 0.717) is 5.57 Å². The number of rotatable bonds is 3. The molecule has 1 rings (SSSR count). The first kappa shape index (κ1) is 12.9. The van der Waals surface area contributed by atoms with E-state index in [1.54, 1.807) is 12.2 Å². The first-order valence-corrected chi connectivity index (χ1v) is 5.81. The Morgan fingerprint density at radius 2 is 2.00 bits per heavy atom. The number of ketones is 1. The highest BCUT2D eigenvalue weighted by Crippen LogP contribution is 2.23. The summed E-state index contributed by atoms with van der Waals surface area (Å²) in [6.07, 6.45) is 9.12. The van der Waals surface area contributed by atoms with E-state index in [4.69, 9.17) is 5.73 Å². The maximum absolute atomic E-state index is 11.8. The van der Waals surface area contributed by atoms with Crippen LogP contribution < -0.4 is 5.73 Å². The van der Waals surface area contributed by atoms with E-state index in [1.165, 1.54) is 0 Å². The molecule has 1 aliphatic rings. The molecule has 0 bridgehead atoms. The predicted molar refractivity (Wildman–Crippen MR) is 67.1 cm³/mol. The summed E-state index contributed by atoms with van der Waals surface area (Å²) >= 11 is 2.97. The molecule has 1 amide bonds. The van der Waals surface area contributed by atoms with E-state index >= 15 is 0 Å². The van der Waals surface area contributed by atoms with Gasteiger partial charge < -0.3 is 5.73 Å². The zero-order chi connectivity index (χ0) is 12.3. The molecule has 1 unspecified atom stereocenters. The molecule has 3 nitrogen and oxygen atoms in total. The van der Waals surface area contributed by atoms with Crippen molar-refractivity contribution in [3.05, 3.63) is 36.0 Å². The van der Waals surface area contributed by atoms with Gasteiger partial charge in [0.2, 0.25) is 5.91 Å². The highest BCUT2D eigenvalue weighted by atomic mass is 79.9. The summed E-state index contributed by atoms with van der Waals surface area (Å²) in [7, 11) is 0. The first-order chi connectivity index (χ1) is 7.33. The third-order valence-corrected chi connectivity index (χ3v) is 3.13. The fourth-order valence-electron chi connectivity index (χ4n) is 1.26. The number of alkyl halides is 1. The van der Waals surface area contributed by atoms with Gasteiger partial charge in [-0.25, -0.2) is 0 Å². The Hall–Kier alpha value is -1.16. The summed E-state index contributed by atoms with van der Waals surface area (Å²) in [5, 5.41) is 0. The Morgan fingerprint density at radius 3 is 2.56 bits per heavy atom. The minimum Gasteiger partial charge on any atom is -0.368 e. The van der Waals surface area contributed by atoms with Gasteiger partial charge in [-0.1, -0.05) is 60.2 Å². The zero-order valence-electron chi connectivity index (χ0n) is 9.24. The third kappa shape index (κ3) is 3.17. The fourth-order valence-corrected chi connectivity index (χ4v) is 1.52. The van der Waals surface area contributed by atoms with Crippen LogP contribution in [-0.4, -0.2) is 16.5 Å². The van der Waals surface area contributed by atoms with Gasteiger partial charge in [0.05, 0.1) is 0 Å². The lowest BCUT2D eigenvalue weighted by molar-refractivity contribution is -0.123. The average Bonchev–Trinajstić information content (AvgIpc) is 2.37. The summed E-state index contributed by atoms with van der Waals surface area (Å²) in [6.45, 7) is 4.06. The highest BCUT2D eigenvalue weighted by Gasteiger charge is 2.23. The van der Waals surface area contributed by atoms with E-state index in [9.17, 15) is 9.59 Å². The molecular weight excluding hydrogens is 270 g/mol. The first-order valence-electron chi connectivity index (χ1n) is 4.90. The van der Waals surface area contributed by atoms with Gasteiger partial charge in [0.25, 0.3) is 0 Å². The van der Waals surface area contributed by atoms with Gasteiger partial charge in [0, 0.05) is 11.0 Å². The van der Waals surface area contributed by atoms with Crippen LogP contribution in [0.4, 0.5) is 0 Å². The lowest BCUT2D eigenvalue weighted by Crippen LogP contribution is -2.31. The molecule has 0 aromatic heterocycles. The second-order valence-electron chi connectivity index (χ2n) is 4.27. The van der Waals surface area contributed by atoms with Crippen LogP contribution in [0.15, 0.2) is 36.0 Å². The van der Waals surface area contributed by atoms with Crippen LogP contribution in [0, 0.1) is 5.41 Å². The Kier molecular flexibility index (Phi) is 3.86. The molecule has 0 spiro atoms. The molecule has 0 saturated heterocycles. The smallest absolute Gasteiger partial charge is 0.239 e. The molecule has 0 aromatic rings. The topological polar surface area (TPSA) is 60.2 Å². The molecule has 0 aromatic carbocycles. The van der Waals surface area contributed by atoms with Crippen molar-refractivity contribution in [1.29, 1.82) is 0 Å². The molecule has 2 N–H and O–H groups in total. The van der Waals surface area contributed by atoms with Gasteiger partial charge >= 0.3 is 0 Å². The molecular formula is C12H14BrNO2. The number of halogens is 1. The third-order valence-electron chi connectivity index (χ3n) is 2.26. The molecule has 0 aliphatic heterocycles. The maximum atomic E-state index is 11.8. The number of Topliss-reactive ketones (excluding diaryl/α,β-unsaturated/α-hetero) is 1. The summed E-state index contributed by atoms with van der Waals surface area (Å²) < 4.78 is 0. The van der Waals surface area contributed by atoms with E-state index in [1.807, 2.05) is 32.1 Å². The molecule has 1 aliphatic carbocycles. The Bertz CT molecular complexity index is 405. The Balaban J connectivity index is 2.92. The Labute approximate surface area is 103 Å². The minimum atomic E-state index is -0.960. The predicted octanol–water partition coefficient (Wildman–Crippen LogP) is 1.88. The highest BCUT2D eigenvalue weighted by molar-refractivity contribution is 9.10. The van der Waals surface area contributed by atoms with Gasteiger partial charge in [-0.2, -0.15) is 0 Å². The fraction of sp³-hybridized carbons (Fsp3) is 0.333. The van der Waals surface area contributed by atoms with Crippen molar-refractivity contribution in [2.45, 2.75) is 18.7 Å². The van der Waals surface area contributed by atoms with Crippen LogP contribution in [0.5, 0.6) is 0 Å². The number of hydrogen-bond acceptors (Lipinski definition) is 2. The van der Waals surface area contributed by atoms with Crippen molar-refractivity contribution in [2.24, 2.45) is 11.1 Å². The second-order valence-corrected chi connectivity index (χ2v) is 5.18. The summed E-state index contributed by atoms with van der Waals surface area (Å²) in [6, 6.07) is 0. The monoisotopic (exact) mass is 283 g/mol. The number of nitrogens with two attached hydrogens (primary N) is 1. The van der Waals surface area contributed by atoms with Crippen molar-refractivity contribution >= 4 is 27.6 Å². The normalized spacial score (nSPS) is 19.8. The van der Waals surface area contributed by atoms with Crippen LogP contribution in [0.2, 0.25) is 0 Å². The van der Waals surface area contributed by atoms with Gasteiger partial charge in [-0.15, -0.1) is 0 Å². The van der Waals surface area contributed by atoms with E-state index in [2.05, 4.69) is 15.9 Å². The van der Waals surface area contributed by atoms with Gasteiger partial charge in [-0.3, -0.25) is 9.59 Å². The number of carbonyl (C=O) groups excluding carboxylic acids is 2. The molecule has 16 heavy (non-hydrogen) atoms. The van der Waals surface area contributed by atoms with Crippen LogP contribution in [-0.2, 0) is 9.59 Å². The summed E-state index contributed by atoms with van der Waals surface area (Å²) in [5.41, 5.74) is 5.44. The van der Waals surface area contributed by atoms with Crippen molar-refractivity contribution < 1.29 is 9.59 Å². The summed E-state index contributed by atoms with van der Waals surface area (Å²) in [5.74, 6) is -0.988.